The third-order valence-corrected chi connectivity index (χ3v) is 5.44. The van der Waals surface area contributed by atoms with E-state index in [1.165, 1.54) is 0 Å². The lowest BCUT2D eigenvalue weighted by Crippen LogP contribution is -2.34. The number of hydrogen-bond donors (Lipinski definition) is 1. The maximum absolute atomic E-state index is 12.6. The molecule has 1 aromatic carbocycles. The Labute approximate surface area is 126 Å². The summed E-state index contributed by atoms with van der Waals surface area (Å²) in [4.78, 5) is 2.46. The zero-order valence-electron chi connectivity index (χ0n) is 12.4. The molecule has 7 heteroatoms. The number of benzene rings is 1. The molecule has 1 heterocycles. The lowest BCUT2D eigenvalue weighted by Gasteiger charge is -2.20. The van der Waals surface area contributed by atoms with Crippen molar-refractivity contribution in [1.82, 2.24) is 9.21 Å². The second-order valence-electron chi connectivity index (χ2n) is 5.17. The van der Waals surface area contributed by atoms with E-state index in [-0.39, 0.29) is 0 Å². The van der Waals surface area contributed by atoms with Crippen LogP contribution in [0.15, 0.2) is 29.2 Å². The standard InChI is InChI=1S/C14H23N3O3S/c1-16-8-2-9-17(11-10-16)21(18,19)14-5-3-13(4-6-14)20-12-7-15/h3-6H,2,7-12,15H2,1H3. The molecule has 1 aliphatic rings. The van der Waals surface area contributed by atoms with E-state index >= 15 is 0 Å². The normalized spacial score (nSPS) is 18.4. The van der Waals surface area contributed by atoms with Crippen LogP contribution in [0.25, 0.3) is 0 Å². The predicted molar refractivity (Wildman–Crippen MR) is 81.9 cm³/mol. The summed E-state index contributed by atoms with van der Waals surface area (Å²) in [6.45, 7) is 3.64. The van der Waals surface area contributed by atoms with Gasteiger partial charge in [-0.1, -0.05) is 0 Å². The van der Waals surface area contributed by atoms with E-state index in [0.29, 0.717) is 36.9 Å². The number of likely N-dealkylation sites (N-methyl/N-ethyl adjacent to an activating group) is 1. The average Bonchev–Trinajstić information content (AvgIpc) is 2.70. The first kappa shape index (κ1) is 16.2. The predicted octanol–water partition coefficient (Wildman–Crippen LogP) is 0.350. The van der Waals surface area contributed by atoms with Gasteiger partial charge in [-0.25, -0.2) is 8.42 Å². The Bertz CT molecular complexity index is 545. The maximum atomic E-state index is 12.6. The van der Waals surface area contributed by atoms with Gasteiger partial charge in [-0.2, -0.15) is 4.31 Å². The third kappa shape index (κ3) is 4.16. The van der Waals surface area contributed by atoms with Gasteiger partial charge in [0, 0.05) is 26.2 Å². The van der Waals surface area contributed by atoms with Gasteiger partial charge in [0.15, 0.2) is 0 Å². The number of nitrogens with two attached hydrogens (primary N) is 1. The Kier molecular flexibility index (Phi) is 5.58. The van der Waals surface area contributed by atoms with Crippen LogP contribution in [-0.4, -0.2) is 64.0 Å². The Morgan fingerprint density at radius 2 is 1.86 bits per heavy atom. The van der Waals surface area contributed by atoms with E-state index in [4.69, 9.17) is 10.5 Å². The van der Waals surface area contributed by atoms with Crippen molar-refractivity contribution in [3.05, 3.63) is 24.3 Å². The van der Waals surface area contributed by atoms with Crippen molar-refractivity contribution in [1.29, 1.82) is 0 Å². The summed E-state index contributed by atoms with van der Waals surface area (Å²) in [6.07, 6.45) is 0.855. The second kappa shape index (κ2) is 7.22. The van der Waals surface area contributed by atoms with E-state index in [1.807, 2.05) is 7.05 Å². The lowest BCUT2D eigenvalue weighted by atomic mass is 10.3. The molecular formula is C14H23N3O3S. The summed E-state index contributed by atoms with van der Waals surface area (Å²) in [5, 5.41) is 0. The molecule has 1 aromatic rings. The van der Waals surface area contributed by atoms with Crippen molar-refractivity contribution in [3.8, 4) is 5.75 Å². The van der Waals surface area contributed by atoms with Gasteiger partial charge in [-0.15, -0.1) is 0 Å². The Morgan fingerprint density at radius 1 is 1.14 bits per heavy atom. The molecule has 0 atom stereocenters. The molecule has 1 aliphatic heterocycles. The molecule has 0 radical (unpaired) electrons. The molecule has 1 fully saturated rings. The first-order chi connectivity index (χ1) is 10.0. The van der Waals surface area contributed by atoms with Crippen molar-refractivity contribution in [2.75, 3.05) is 46.4 Å². The third-order valence-electron chi connectivity index (χ3n) is 3.53. The lowest BCUT2D eigenvalue weighted by molar-refractivity contribution is 0.328. The number of sulfonamides is 1. The Balaban J connectivity index is 2.11. The van der Waals surface area contributed by atoms with Crippen molar-refractivity contribution in [2.45, 2.75) is 11.3 Å². The van der Waals surface area contributed by atoms with E-state index in [2.05, 4.69) is 4.90 Å². The van der Waals surface area contributed by atoms with Gasteiger partial charge in [0.25, 0.3) is 0 Å². The van der Waals surface area contributed by atoms with Crippen LogP contribution in [-0.2, 0) is 10.0 Å². The molecule has 0 unspecified atom stereocenters. The highest BCUT2D eigenvalue weighted by atomic mass is 32.2. The quantitative estimate of drug-likeness (QED) is 0.849. The fourth-order valence-electron chi connectivity index (χ4n) is 2.30. The van der Waals surface area contributed by atoms with Crippen LogP contribution in [0.5, 0.6) is 5.75 Å². The topological polar surface area (TPSA) is 75.9 Å². The first-order valence-electron chi connectivity index (χ1n) is 7.15. The smallest absolute Gasteiger partial charge is 0.243 e. The maximum Gasteiger partial charge on any atom is 0.243 e. The zero-order valence-corrected chi connectivity index (χ0v) is 13.2. The summed E-state index contributed by atoms with van der Waals surface area (Å²) in [5.41, 5.74) is 5.37. The number of nitrogens with zero attached hydrogens (tertiary/aromatic N) is 2. The summed E-state index contributed by atoms with van der Waals surface area (Å²) >= 11 is 0. The van der Waals surface area contributed by atoms with Crippen LogP contribution in [0.2, 0.25) is 0 Å². The molecule has 0 spiro atoms. The first-order valence-corrected chi connectivity index (χ1v) is 8.59. The van der Waals surface area contributed by atoms with Crippen LogP contribution in [0, 0.1) is 0 Å². The molecule has 118 valence electrons. The van der Waals surface area contributed by atoms with Gasteiger partial charge in [-0.3, -0.25) is 0 Å². The van der Waals surface area contributed by atoms with E-state index < -0.39 is 10.0 Å². The Morgan fingerprint density at radius 3 is 2.52 bits per heavy atom. The molecular weight excluding hydrogens is 290 g/mol. The average molecular weight is 313 g/mol. The van der Waals surface area contributed by atoms with Gasteiger partial charge < -0.3 is 15.4 Å². The SMILES string of the molecule is CN1CCCN(S(=O)(=O)c2ccc(OCCN)cc2)CC1. The van der Waals surface area contributed by atoms with E-state index in [9.17, 15) is 8.42 Å². The molecule has 6 nitrogen and oxygen atoms in total. The van der Waals surface area contributed by atoms with Crippen molar-refractivity contribution < 1.29 is 13.2 Å². The van der Waals surface area contributed by atoms with Crippen LogP contribution in [0.3, 0.4) is 0 Å². The van der Waals surface area contributed by atoms with E-state index in [1.54, 1.807) is 28.6 Å². The summed E-state index contributed by atoms with van der Waals surface area (Å²) in [5.74, 6) is 0.634. The molecule has 0 amide bonds. The number of rotatable bonds is 5. The minimum absolute atomic E-state index is 0.312. The van der Waals surface area contributed by atoms with Gasteiger partial charge in [-0.05, 0) is 44.3 Å². The fraction of sp³-hybridized carbons (Fsp3) is 0.571. The van der Waals surface area contributed by atoms with Crippen molar-refractivity contribution >= 4 is 10.0 Å². The molecule has 2 N–H and O–H groups in total. The Hall–Kier alpha value is -1.15. The minimum atomic E-state index is -3.42. The van der Waals surface area contributed by atoms with Crippen LogP contribution >= 0.6 is 0 Å². The number of ether oxygens (including phenoxy) is 1. The highest BCUT2D eigenvalue weighted by Crippen LogP contribution is 2.20. The molecule has 0 aliphatic carbocycles. The zero-order chi connectivity index (χ0) is 15.3. The second-order valence-corrected chi connectivity index (χ2v) is 7.11. The largest absolute Gasteiger partial charge is 0.492 e. The van der Waals surface area contributed by atoms with Gasteiger partial charge in [0.1, 0.15) is 12.4 Å². The van der Waals surface area contributed by atoms with Crippen LogP contribution in [0.4, 0.5) is 0 Å². The highest BCUT2D eigenvalue weighted by Gasteiger charge is 2.25. The summed E-state index contributed by atoms with van der Waals surface area (Å²) in [6, 6.07) is 6.53. The van der Waals surface area contributed by atoms with Gasteiger partial charge in [0.05, 0.1) is 4.90 Å². The van der Waals surface area contributed by atoms with Gasteiger partial charge >= 0.3 is 0 Å². The van der Waals surface area contributed by atoms with Crippen molar-refractivity contribution in [2.24, 2.45) is 5.73 Å². The molecule has 21 heavy (non-hydrogen) atoms. The molecule has 0 bridgehead atoms. The molecule has 1 saturated heterocycles. The number of hydrogen-bond acceptors (Lipinski definition) is 5. The summed E-state index contributed by atoms with van der Waals surface area (Å²) < 4.78 is 32.2. The monoisotopic (exact) mass is 313 g/mol. The molecule has 2 rings (SSSR count). The van der Waals surface area contributed by atoms with Crippen molar-refractivity contribution in [3.63, 3.8) is 0 Å². The summed E-state index contributed by atoms with van der Waals surface area (Å²) in [7, 11) is -1.41. The van der Waals surface area contributed by atoms with E-state index in [0.717, 1.165) is 19.5 Å². The molecule has 0 saturated carbocycles. The van der Waals surface area contributed by atoms with Gasteiger partial charge in [0.2, 0.25) is 10.0 Å². The van der Waals surface area contributed by atoms with Crippen LogP contribution < -0.4 is 10.5 Å². The fourth-order valence-corrected chi connectivity index (χ4v) is 3.77. The molecule has 0 aromatic heterocycles. The van der Waals surface area contributed by atoms with Crippen LogP contribution in [0.1, 0.15) is 6.42 Å². The minimum Gasteiger partial charge on any atom is -0.492 e. The highest BCUT2D eigenvalue weighted by molar-refractivity contribution is 7.89.